The molecule has 0 spiro atoms. The number of aromatic nitrogens is 4. The molecule has 0 bridgehead atoms. The highest BCUT2D eigenvalue weighted by Gasteiger charge is 2.33. The fraction of sp³-hybridized carbons (Fsp3) is 0.0714. The minimum absolute atomic E-state index is 0.0816. The molecule has 5 nitrogen and oxygen atoms in total. The van der Waals surface area contributed by atoms with E-state index < -0.39 is 17.4 Å². The second-order valence-electron chi connectivity index (χ2n) is 4.46. The Morgan fingerprint density at radius 2 is 1.82 bits per heavy atom. The first-order valence-electron chi connectivity index (χ1n) is 6.23. The Labute approximate surface area is 122 Å². The molecule has 2 heterocycles. The fourth-order valence-corrected chi connectivity index (χ4v) is 1.90. The van der Waals surface area contributed by atoms with Crippen molar-refractivity contribution in [2.45, 2.75) is 6.18 Å². The highest BCUT2D eigenvalue weighted by molar-refractivity contribution is 5.58. The largest absolute Gasteiger partial charge is 0.435 e. The molecule has 0 aliphatic heterocycles. The molecule has 0 saturated carbocycles. The number of hydrogen-bond donors (Lipinski definition) is 1. The van der Waals surface area contributed by atoms with Crippen LogP contribution in [0.3, 0.4) is 0 Å². The van der Waals surface area contributed by atoms with Crippen molar-refractivity contribution in [2.75, 3.05) is 0 Å². The van der Waals surface area contributed by atoms with E-state index in [-0.39, 0.29) is 5.95 Å². The quantitative estimate of drug-likeness (QED) is 0.791. The van der Waals surface area contributed by atoms with Crippen LogP contribution in [0.25, 0.3) is 17.2 Å². The van der Waals surface area contributed by atoms with E-state index in [9.17, 15) is 18.0 Å². The summed E-state index contributed by atoms with van der Waals surface area (Å²) in [6.07, 6.45) is -3.46. The van der Waals surface area contributed by atoms with Crippen LogP contribution in [-0.4, -0.2) is 19.7 Å². The molecule has 8 heteroatoms. The standard InChI is InChI=1S/C14H9F3N4O/c15-14(16,17)11-6-7-21(20-11)13-18-10(8-12(22)19-13)9-4-2-1-3-5-9/h1-8H,(H,18,19,22). The molecule has 2 aromatic heterocycles. The Kier molecular flexibility index (Phi) is 3.28. The van der Waals surface area contributed by atoms with Crippen LogP contribution < -0.4 is 5.56 Å². The molecule has 1 aromatic carbocycles. The first-order chi connectivity index (χ1) is 10.4. The van der Waals surface area contributed by atoms with Crippen LogP contribution in [0.5, 0.6) is 0 Å². The van der Waals surface area contributed by atoms with Gasteiger partial charge in [-0.15, -0.1) is 0 Å². The number of rotatable bonds is 2. The van der Waals surface area contributed by atoms with E-state index in [1.54, 1.807) is 30.3 Å². The average Bonchev–Trinajstić information content (AvgIpc) is 2.97. The summed E-state index contributed by atoms with van der Waals surface area (Å²) in [6, 6.07) is 10.9. The minimum atomic E-state index is -4.55. The van der Waals surface area contributed by atoms with Crippen molar-refractivity contribution < 1.29 is 13.2 Å². The SMILES string of the molecule is O=c1cc(-c2ccccc2)nc(-n2ccc(C(F)(F)F)n2)[nH]1. The summed E-state index contributed by atoms with van der Waals surface area (Å²) >= 11 is 0. The average molecular weight is 306 g/mol. The molecule has 0 radical (unpaired) electrons. The number of benzene rings is 1. The summed E-state index contributed by atoms with van der Waals surface area (Å²) in [5.41, 5.74) is -0.505. The number of H-pyrrole nitrogens is 1. The van der Waals surface area contributed by atoms with Crippen LogP contribution in [0.4, 0.5) is 13.2 Å². The van der Waals surface area contributed by atoms with Gasteiger partial charge in [-0.1, -0.05) is 30.3 Å². The van der Waals surface area contributed by atoms with Crippen LogP contribution in [0.2, 0.25) is 0 Å². The van der Waals surface area contributed by atoms with Gasteiger partial charge in [0, 0.05) is 17.8 Å². The molecule has 3 aromatic rings. The van der Waals surface area contributed by atoms with E-state index >= 15 is 0 Å². The van der Waals surface area contributed by atoms with Gasteiger partial charge in [-0.3, -0.25) is 9.78 Å². The third-order valence-corrected chi connectivity index (χ3v) is 2.90. The Balaban J connectivity index is 2.07. The second kappa shape index (κ2) is 5.14. The normalized spacial score (nSPS) is 11.6. The number of alkyl halides is 3. The topological polar surface area (TPSA) is 63.6 Å². The van der Waals surface area contributed by atoms with Gasteiger partial charge in [-0.2, -0.15) is 18.3 Å². The van der Waals surface area contributed by atoms with Gasteiger partial charge in [-0.25, -0.2) is 9.67 Å². The number of hydrogen-bond acceptors (Lipinski definition) is 3. The third kappa shape index (κ3) is 2.76. The van der Waals surface area contributed by atoms with E-state index in [0.717, 1.165) is 16.9 Å². The predicted molar refractivity (Wildman–Crippen MR) is 72.4 cm³/mol. The number of nitrogens with one attached hydrogen (secondary N) is 1. The lowest BCUT2D eigenvalue weighted by Gasteiger charge is -2.05. The molecular weight excluding hydrogens is 297 g/mol. The summed E-state index contributed by atoms with van der Waals surface area (Å²) in [5.74, 6) is -0.0816. The monoisotopic (exact) mass is 306 g/mol. The number of nitrogens with zero attached hydrogens (tertiary/aromatic N) is 3. The molecular formula is C14H9F3N4O. The zero-order valence-corrected chi connectivity index (χ0v) is 11.0. The van der Waals surface area contributed by atoms with Gasteiger partial charge in [-0.05, 0) is 6.07 Å². The van der Waals surface area contributed by atoms with E-state index in [1.165, 1.54) is 6.07 Å². The summed E-state index contributed by atoms with van der Waals surface area (Å²) in [4.78, 5) is 18.2. The van der Waals surface area contributed by atoms with E-state index in [2.05, 4.69) is 15.1 Å². The van der Waals surface area contributed by atoms with Crippen molar-refractivity contribution in [1.29, 1.82) is 0 Å². The molecule has 0 atom stereocenters. The zero-order valence-electron chi connectivity index (χ0n) is 11.0. The Morgan fingerprint density at radius 1 is 1.09 bits per heavy atom. The van der Waals surface area contributed by atoms with Gasteiger partial charge in [0.25, 0.3) is 5.56 Å². The van der Waals surface area contributed by atoms with Gasteiger partial charge in [0.2, 0.25) is 5.95 Å². The van der Waals surface area contributed by atoms with E-state index in [4.69, 9.17) is 0 Å². The highest BCUT2D eigenvalue weighted by atomic mass is 19.4. The molecule has 112 valence electrons. The van der Waals surface area contributed by atoms with Crippen molar-refractivity contribution in [3.05, 3.63) is 64.7 Å². The van der Waals surface area contributed by atoms with Crippen molar-refractivity contribution in [3.63, 3.8) is 0 Å². The van der Waals surface area contributed by atoms with Crippen LogP contribution in [0.1, 0.15) is 5.69 Å². The summed E-state index contributed by atoms with van der Waals surface area (Å²) in [7, 11) is 0. The maximum absolute atomic E-state index is 12.6. The molecule has 0 aliphatic carbocycles. The molecule has 3 rings (SSSR count). The first-order valence-corrected chi connectivity index (χ1v) is 6.23. The van der Waals surface area contributed by atoms with E-state index in [1.807, 2.05) is 0 Å². The molecule has 0 amide bonds. The van der Waals surface area contributed by atoms with Gasteiger partial charge in [0.1, 0.15) is 0 Å². The van der Waals surface area contributed by atoms with Crippen LogP contribution in [0, 0.1) is 0 Å². The van der Waals surface area contributed by atoms with Crippen LogP contribution >= 0.6 is 0 Å². The van der Waals surface area contributed by atoms with Gasteiger partial charge >= 0.3 is 6.18 Å². The number of aromatic amines is 1. The second-order valence-corrected chi connectivity index (χ2v) is 4.46. The highest BCUT2D eigenvalue weighted by Crippen LogP contribution is 2.27. The van der Waals surface area contributed by atoms with Gasteiger partial charge in [0.05, 0.1) is 5.69 Å². The van der Waals surface area contributed by atoms with Crippen molar-refractivity contribution >= 4 is 0 Å². The minimum Gasteiger partial charge on any atom is -0.291 e. The molecule has 1 N–H and O–H groups in total. The third-order valence-electron chi connectivity index (χ3n) is 2.90. The van der Waals surface area contributed by atoms with Crippen molar-refractivity contribution in [2.24, 2.45) is 0 Å². The molecule has 0 unspecified atom stereocenters. The molecule has 0 aliphatic rings. The predicted octanol–water partition coefficient (Wildman–Crippen LogP) is 2.64. The summed E-state index contributed by atoms with van der Waals surface area (Å²) < 4.78 is 38.6. The van der Waals surface area contributed by atoms with Gasteiger partial charge < -0.3 is 0 Å². The van der Waals surface area contributed by atoms with Crippen molar-refractivity contribution in [3.8, 4) is 17.2 Å². The molecule has 22 heavy (non-hydrogen) atoms. The van der Waals surface area contributed by atoms with E-state index in [0.29, 0.717) is 11.3 Å². The Bertz CT molecular complexity index is 852. The lowest BCUT2D eigenvalue weighted by molar-refractivity contribution is -0.141. The lowest BCUT2D eigenvalue weighted by atomic mass is 10.1. The van der Waals surface area contributed by atoms with Crippen LogP contribution in [-0.2, 0) is 6.18 Å². The zero-order chi connectivity index (χ0) is 15.7. The smallest absolute Gasteiger partial charge is 0.291 e. The maximum atomic E-state index is 12.6. The lowest BCUT2D eigenvalue weighted by Crippen LogP contribution is -2.14. The van der Waals surface area contributed by atoms with Crippen LogP contribution in [0.15, 0.2) is 53.5 Å². The molecule has 0 saturated heterocycles. The van der Waals surface area contributed by atoms with Gasteiger partial charge in [0.15, 0.2) is 5.69 Å². The fourth-order valence-electron chi connectivity index (χ4n) is 1.90. The maximum Gasteiger partial charge on any atom is 0.435 e. The first kappa shape index (κ1) is 14.1. The molecule has 0 fully saturated rings. The summed E-state index contributed by atoms with van der Waals surface area (Å²) in [5, 5.41) is 3.39. The summed E-state index contributed by atoms with van der Waals surface area (Å²) in [6.45, 7) is 0. The van der Waals surface area contributed by atoms with Crippen molar-refractivity contribution in [1.82, 2.24) is 19.7 Å². The number of halogens is 3. The Hall–Kier alpha value is -2.90. The Morgan fingerprint density at radius 3 is 2.45 bits per heavy atom.